The average Bonchev–Trinajstić information content (AvgIpc) is 3.57. The molecule has 3 aromatic heterocycles. The van der Waals surface area contributed by atoms with Gasteiger partial charge < -0.3 is 15.0 Å². The fourth-order valence-corrected chi connectivity index (χ4v) is 5.60. The third kappa shape index (κ3) is 6.17. The first-order valence-corrected chi connectivity index (χ1v) is 14.5. The molecule has 1 aliphatic rings. The van der Waals surface area contributed by atoms with Gasteiger partial charge in [0.05, 0.1) is 36.7 Å². The molecule has 212 valence electrons. The molecule has 0 unspecified atom stereocenters. The zero-order chi connectivity index (χ0) is 28.0. The predicted molar refractivity (Wildman–Crippen MR) is 161 cm³/mol. The number of fused-ring (bicyclic) bond motifs is 2. The molecule has 0 aliphatic carbocycles. The number of piperidine rings is 1. The topological polar surface area (TPSA) is 102 Å². The molecule has 10 heteroatoms. The highest BCUT2D eigenvalue weighted by Gasteiger charge is 2.18. The Bertz CT molecular complexity index is 1620. The van der Waals surface area contributed by atoms with E-state index in [0.29, 0.717) is 31.1 Å². The van der Waals surface area contributed by atoms with Crippen molar-refractivity contribution in [3.8, 4) is 0 Å². The number of nitrogens with one attached hydrogen (secondary N) is 2. The lowest BCUT2D eigenvalue weighted by Crippen LogP contribution is -2.31. The maximum atomic E-state index is 12.6. The Balaban J connectivity index is 1.14. The zero-order valence-corrected chi connectivity index (χ0v) is 23.4. The normalized spacial score (nSPS) is 14.0. The van der Waals surface area contributed by atoms with Gasteiger partial charge in [0.2, 0.25) is 0 Å². The Hall–Kier alpha value is -4.44. The monoisotopic (exact) mass is 552 g/mol. The van der Waals surface area contributed by atoms with Gasteiger partial charge >= 0.3 is 6.09 Å². The zero-order valence-electron chi connectivity index (χ0n) is 23.4. The van der Waals surface area contributed by atoms with Gasteiger partial charge in [-0.25, -0.2) is 14.3 Å². The summed E-state index contributed by atoms with van der Waals surface area (Å²) >= 11 is 0. The van der Waals surface area contributed by atoms with E-state index in [0.717, 1.165) is 53.7 Å². The third-order valence-electron chi connectivity index (χ3n) is 7.65. The van der Waals surface area contributed by atoms with Gasteiger partial charge in [0, 0.05) is 23.2 Å². The summed E-state index contributed by atoms with van der Waals surface area (Å²) in [5.74, 6) is 0.663. The third-order valence-corrected chi connectivity index (χ3v) is 7.65. The van der Waals surface area contributed by atoms with Crippen molar-refractivity contribution in [3.63, 3.8) is 0 Å². The number of benzene rings is 2. The van der Waals surface area contributed by atoms with Crippen LogP contribution in [0.3, 0.4) is 0 Å². The Labute approximate surface area is 239 Å². The summed E-state index contributed by atoms with van der Waals surface area (Å²) in [6, 6.07) is 16.5. The van der Waals surface area contributed by atoms with Gasteiger partial charge in [-0.1, -0.05) is 43.7 Å². The van der Waals surface area contributed by atoms with E-state index < -0.39 is 6.09 Å². The Morgan fingerprint density at radius 3 is 2.73 bits per heavy atom. The molecule has 2 N–H and O–H groups in total. The Morgan fingerprint density at radius 2 is 1.90 bits per heavy atom. The van der Waals surface area contributed by atoms with Gasteiger partial charge in [-0.3, -0.25) is 10.00 Å². The fourth-order valence-electron chi connectivity index (χ4n) is 5.60. The summed E-state index contributed by atoms with van der Waals surface area (Å²) in [5, 5.41) is 16.4. The number of hydrogen-bond donors (Lipinski definition) is 2. The molecule has 2 aromatic carbocycles. The van der Waals surface area contributed by atoms with Gasteiger partial charge in [0.25, 0.3) is 0 Å². The largest absolute Gasteiger partial charge is 0.449 e. The van der Waals surface area contributed by atoms with E-state index in [2.05, 4.69) is 61.9 Å². The van der Waals surface area contributed by atoms with Gasteiger partial charge in [0.15, 0.2) is 5.82 Å². The van der Waals surface area contributed by atoms with Crippen LogP contribution in [0.4, 0.5) is 22.0 Å². The number of carbonyl (C=O) groups is 1. The van der Waals surface area contributed by atoms with E-state index >= 15 is 0 Å². The van der Waals surface area contributed by atoms with Crippen LogP contribution in [0.5, 0.6) is 0 Å². The van der Waals surface area contributed by atoms with Crippen molar-refractivity contribution < 1.29 is 9.53 Å². The van der Waals surface area contributed by atoms with Crippen molar-refractivity contribution in [1.82, 2.24) is 29.3 Å². The van der Waals surface area contributed by atoms with Crippen molar-refractivity contribution in [3.05, 3.63) is 78.4 Å². The molecule has 0 spiro atoms. The molecule has 1 amide bonds. The van der Waals surface area contributed by atoms with Crippen molar-refractivity contribution in [1.29, 1.82) is 0 Å². The second kappa shape index (κ2) is 12.4. The lowest BCUT2D eigenvalue weighted by molar-refractivity contribution is 0.148. The minimum Gasteiger partial charge on any atom is -0.449 e. The van der Waals surface area contributed by atoms with Gasteiger partial charge in [-0.2, -0.15) is 10.2 Å². The van der Waals surface area contributed by atoms with Crippen LogP contribution in [-0.4, -0.2) is 61.6 Å². The number of likely N-dealkylation sites (tertiary alicyclic amines) is 1. The lowest BCUT2D eigenvalue weighted by atomic mass is 10.1. The van der Waals surface area contributed by atoms with Gasteiger partial charge in [-0.05, 0) is 62.5 Å². The highest BCUT2D eigenvalue weighted by molar-refractivity contribution is 5.91. The van der Waals surface area contributed by atoms with Crippen molar-refractivity contribution >= 4 is 39.7 Å². The van der Waals surface area contributed by atoms with Crippen LogP contribution in [0, 0.1) is 0 Å². The van der Waals surface area contributed by atoms with Crippen LogP contribution >= 0.6 is 0 Å². The summed E-state index contributed by atoms with van der Waals surface area (Å²) in [6.45, 7) is 6.42. The van der Waals surface area contributed by atoms with Gasteiger partial charge in [0.1, 0.15) is 11.8 Å². The molecule has 1 fully saturated rings. The number of aryl methyl sites for hydroxylation is 1. The summed E-state index contributed by atoms with van der Waals surface area (Å²) in [6.07, 6.45) is 10.1. The molecule has 41 heavy (non-hydrogen) atoms. The smallest absolute Gasteiger partial charge is 0.411 e. The second-order valence-electron chi connectivity index (χ2n) is 10.5. The lowest BCUT2D eigenvalue weighted by Gasteiger charge is -2.26. The number of ether oxygens (including phenoxy) is 1. The first-order chi connectivity index (χ1) is 20.2. The van der Waals surface area contributed by atoms with E-state index in [1.165, 1.54) is 31.2 Å². The first kappa shape index (κ1) is 26.8. The molecule has 0 atom stereocenters. The van der Waals surface area contributed by atoms with Crippen LogP contribution in [-0.2, 0) is 17.7 Å². The molecule has 4 heterocycles. The number of nitrogens with zero attached hydrogens (tertiary/aromatic N) is 6. The summed E-state index contributed by atoms with van der Waals surface area (Å²) in [4.78, 5) is 19.6. The number of aromatic nitrogens is 5. The van der Waals surface area contributed by atoms with Crippen molar-refractivity contribution in [2.75, 3.05) is 36.9 Å². The number of hydrogen-bond acceptors (Lipinski definition) is 7. The highest BCUT2D eigenvalue weighted by Crippen LogP contribution is 2.30. The van der Waals surface area contributed by atoms with E-state index in [9.17, 15) is 4.79 Å². The molecule has 5 aromatic rings. The van der Waals surface area contributed by atoms with Crippen LogP contribution in [0.1, 0.15) is 43.7 Å². The molecule has 0 saturated carbocycles. The van der Waals surface area contributed by atoms with Crippen LogP contribution < -0.4 is 10.6 Å². The number of carbonyl (C=O) groups excluding carboxylic acids is 1. The molecule has 0 radical (unpaired) electrons. The molecule has 10 nitrogen and oxygen atoms in total. The molecular formula is C31H36N8O2. The summed E-state index contributed by atoms with van der Waals surface area (Å²) in [5.41, 5.74) is 5.59. The van der Waals surface area contributed by atoms with Crippen molar-refractivity contribution in [2.24, 2.45) is 0 Å². The van der Waals surface area contributed by atoms with E-state index in [-0.39, 0.29) is 0 Å². The number of anilines is 3. The minimum absolute atomic E-state index is 0.397. The maximum Gasteiger partial charge on any atom is 0.411 e. The van der Waals surface area contributed by atoms with E-state index in [1.54, 1.807) is 4.52 Å². The molecular weight excluding hydrogens is 516 g/mol. The highest BCUT2D eigenvalue weighted by atomic mass is 16.5. The fraction of sp³-hybridized carbons (Fsp3) is 0.355. The Morgan fingerprint density at radius 1 is 1.05 bits per heavy atom. The first-order valence-electron chi connectivity index (χ1n) is 14.5. The van der Waals surface area contributed by atoms with Crippen molar-refractivity contribution in [2.45, 2.75) is 45.6 Å². The number of amides is 1. The van der Waals surface area contributed by atoms with Gasteiger partial charge in [-0.15, -0.1) is 0 Å². The SMILES string of the molecule is CCc1c(NC(=O)OCCCN2CCCCC2)cn2ncnc(Nc3ccc4c(cnn4Cc4ccccc4)c3)c12. The average molecular weight is 553 g/mol. The summed E-state index contributed by atoms with van der Waals surface area (Å²) in [7, 11) is 0. The minimum atomic E-state index is -0.449. The molecule has 1 aliphatic heterocycles. The number of rotatable bonds is 10. The van der Waals surface area contributed by atoms with Crippen LogP contribution in [0.25, 0.3) is 16.4 Å². The van der Waals surface area contributed by atoms with E-state index in [1.807, 2.05) is 41.3 Å². The maximum absolute atomic E-state index is 12.6. The Kier molecular flexibility index (Phi) is 8.09. The van der Waals surface area contributed by atoms with E-state index in [4.69, 9.17) is 4.74 Å². The molecule has 0 bridgehead atoms. The molecule has 1 saturated heterocycles. The van der Waals surface area contributed by atoms with Crippen LogP contribution in [0.2, 0.25) is 0 Å². The second-order valence-corrected chi connectivity index (χ2v) is 10.5. The predicted octanol–water partition coefficient (Wildman–Crippen LogP) is 5.86. The standard InChI is InChI=1S/C31H36N8O2/c1-2-26-27(36-31(40)41-17-9-16-37-14-7-4-8-15-37)21-39-29(26)30(32-22-34-39)35-25-12-13-28-24(18-25)19-33-38(28)20-23-10-5-3-6-11-23/h3,5-6,10-13,18-19,21-22H,2,4,7-9,14-17,20H2,1H3,(H,36,40)(H,32,34,35). The quantitative estimate of drug-likeness (QED) is 0.209. The molecule has 6 rings (SSSR count). The van der Waals surface area contributed by atoms with Crippen LogP contribution in [0.15, 0.2) is 67.3 Å². The summed E-state index contributed by atoms with van der Waals surface area (Å²) < 4.78 is 9.24.